The molecule has 2 nitrogen and oxygen atoms in total. The van der Waals surface area contributed by atoms with Gasteiger partial charge in [-0.2, -0.15) is 0 Å². The summed E-state index contributed by atoms with van der Waals surface area (Å²) in [6, 6.07) is 3.63. The van der Waals surface area contributed by atoms with Crippen molar-refractivity contribution in [2.45, 2.75) is 26.7 Å². The van der Waals surface area contributed by atoms with Crippen LogP contribution in [0.4, 0.5) is 0 Å². The van der Waals surface area contributed by atoms with E-state index in [2.05, 4.69) is 19.6 Å². The first kappa shape index (κ1) is 12.5. The quantitative estimate of drug-likeness (QED) is 0.723. The topological polar surface area (TPSA) is 26.3 Å². The van der Waals surface area contributed by atoms with E-state index in [4.69, 9.17) is 4.74 Å². The predicted molar refractivity (Wildman–Crippen MR) is 66.7 cm³/mol. The summed E-state index contributed by atoms with van der Waals surface area (Å²) in [7, 11) is 1.40. The molecule has 0 fully saturated rings. The molecule has 1 rings (SSSR count). The number of ether oxygens (including phenoxy) is 1. The number of carbonyl (C=O) groups is 1. The molecule has 0 aromatic heterocycles. The summed E-state index contributed by atoms with van der Waals surface area (Å²) >= 11 is 0. The Bertz CT molecular complexity index is 486. The molecular formula is C14H18O2. The lowest BCUT2D eigenvalue weighted by Gasteiger charge is -2.04. The molecule has 1 aromatic rings. The molecule has 0 amide bonds. The summed E-state index contributed by atoms with van der Waals surface area (Å²) < 4.78 is 4.74. The van der Waals surface area contributed by atoms with E-state index >= 15 is 0 Å². The van der Waals surface area contributed by atoms with Crippen molar-refractivity contribution in [3.8, 4) is 0 Å². The lowest BCUT2D eigenvalue weighted by atomic mass is 10.0. The van der Waals surface area contributed by atoms with Crippen molar-refractivity contribution in [2.24, 2.45) is 0 Å². The third-order valence-corrected chi connectivity index (χ3v) is 2.65. The molecule has 0 bridgehead atoms. The molecule has 0 radical (unpaired) electrons. The van der Waals surface area contributed by atoms with Gasteiger partial charge < -0.3 is 4.74 Å². The van der Waals surface area contributed by atoms with Crippen LogP contribution in [0.15, 0.2) is 12.1 Å². The second-order valence-electron chi connectivity index (χ2n) is 3.80. The van der Waals surface area contributed by atoms with Crippen molar-refractivity contribution >= 4 is 18.6 Å². The summed E-state index contributed by atoms with van der Waals surface area (Å²) in [6.45, 7) is 8.03. The zero-order valence-electron chi connectivity index (χ0n) is 10.2. The van der Waals surface area contributed by atoms with Gasteiger partial charge in [-0.3, -0.25) is 0 Å². The van der Waals surface area contributed by atoms with Gasteiger partial charge in [0.15, 0.2) is 0 Å². The van der Waals surface area contributed by atoms with Gasteiger partial charge in [0.1, 0.15) is 0 Å². The first-order chi connectivity index (χ1) is 7.61. The van der Waals surface area contributed by atoms with E-state index in [1.54, 1.807) is 6.07 Å². The number of esters is 1. The minimum absolute atomic E-state index is 0.288. The molecule has 0 aliphatic heterocycles. The average Bonchev–Trinajstić information content (AvgIpc) is 2.28. The van der Waals surface area contributed by atoms with Crippen molar-refractivity contribution in [2.75, 3.05) is 7.11 Å². The van der Waals surface area contributed by atoms with Crippen molar-refractivity contribution in [1.29, 1.82) is 0 Å². The van der Waals surface area contributed by atoms with Gasteiger partial charge in [-0.1, -0.05) is 32.1 Å². The Balaban J connectivity index is 3.39. The molecule has 0 N–H and O–H groups in total. The Morgan fingerprint density at radius 1 is 1.50 bits per heavy atom. The molecule has 0 unspecified atom stereocenters. The van der Waals surface area contributed by atoms with Gasteiger partial charge in [0, 0.05) is 0 Å². The Kier molecular flexibility index (Phi) is 4.29. The molecule has 1 aromatic carbocycles. The van der Waals surface area contributed by atoms with Crippen LogP contribution >= 0.6 is 0 Å². The van der Waals surface area contributed by atoms with Gasteiger partial charge in [0.25, 0.3) is 0 Å². The Labute approximate surface area is 96.2 Å². The van der Waals surface area contributed by atoms with Crippen LogP contribution in [0.5, 0.6) is 0 Å². The predicted octanol–water partition coefficient (Wildman–Crippen LogP) is 1.77. The highest BCUT2D eigenvalue weighted by molar-refractivity contribution is 5.91. The van der Waals surface area contributed by atoms with E-state index in [-0.39, 0.29) is 5.97 Å². The Hall–Kier alpha value is -1.57. The number of rotatable bonds is 3. The third kappa shape index (κ3) is 2.51. The van der Waals surface area contributed by atoms with Crippen molar-refractivity contribution in [3.63, 3.8) is 0 Å². The average molecular weight is 218 g/mol. The molecule has 0 aliphatic rings. The highest BCUT2D eigenvalue weighted by Gasteiger charge is 2.08. The van der Waals surface area contributed by atoms with E-state index in [9.17, 15) is 4.79 Å². The zero-order valence-corrected chi connectivity index (χ0v) is 10.2. The van der Waals surface area contributed by atoms with E-state index in [0.717, 1.165) is 28.8 Å². The van der Waals surface area contributed by atoms with Crippen LogP contribution in [-0.2, 0) is 4.74 Å². The van der Waals surface area contributed by atoms with Gasteiger partial charge in [0.05, 0.1) is 12.7 Å². The molecule has 0 heterocycles. The number of benzene rings is 1. The first-order valence-corrected chi connectivity index (χ1v) is 5.48. The molecule has 16 heavy (non-hydrogen) atoms. The molecule has 2 heteroatoms. The maximum Gasteiger partial charge on any atom is 0.338 e. The molecule has 0 atom stereocenters. The normalized spacial score (nSPS) is 11.6. The Morgan fingerprint density at radius 3 is 2.75 bits per heavy atom. The first-order valence-electron chi connectivity index (χ1n) is 5.48. The minimum atomic E-state index is -0.288. The highest BCUT2D eigenvalue weighted by Crippen LogP contribution is 2.02. The smallest absolute Gasteiger partial charge is 0.338 e. The Morgan fingerprint density at radius 2 is 2.19 bits per heavy atom. The number of methoxy groups -OCH3 is 1. The van der Waals surface area contributed by atoms with E-state index in [1.807, 2.05) is 13.0 Å². The number of unbranched alkanes of at least 4 members (excludes halogenated alkanes) is 1. The van der Waals surface area contributed by atoms with Crippen LogP contribution in [0, 0.1) is 6.92 Å². The maximum atomic E-state index is 11.5. The molecule has 86 valence electrons. The second kappa shape index (κ2) is 5.50. The van der Waals surface area contributed by atoms with E-state index < -0.39 is 0 Å². The zero-order chi connectivity index (χ0) is 12.1. The van der Waals surface area contributed by atoms with Gasteiger partial charge >= 0.3 is 5.97 Å². The van der Waals surface area contributed by atoms with Crippen molar-refractivity contribution in [3.05, 3.63) is 33.7 Å². The van der Waals surface area contributed by atoms with Gasteiger partial charge in [-0.05, 0) is 35.4 Å². The maximum absolute atomic E-state index is 11.5. The van der Waals surface area contributed by atoms with Crippen LogP contribution in [0.25, 0.3) is 12.7 Å². The van der Waals surface area contributed by atoms with Crippen LogP contribution in [-0.4, -0.2) is 13.1 Å². The summed E-state index contributed by atoms with van der Waals surface area (Å²) in [4.78, 5) is 11.5. The van der Waals surface area contributed by atoms with Gasteiger partial charge in [-0.25, -0.2) is 4.79 Å². The monoisotopic (exact) mass is 218 g/mol. The summed E-state index contributed by atoms with van der Waals surface area (Å²) in [5.41, 5.74) is 1.57. The lowest BCUT2D eigenvalue weighted by Crippen LogP contribution is -2.28. The fourth-order valence-corrected chi connectivity index (χ4v) is 1.69. The summed E-state index contributed by atoms with van der Waals surface area (Å²) in [5, 5.41) is 2.02. The minimum Gasteiger partial charge on any atom is -0.465 e. The fraction of sp³-hybridized carbons (Fsp3) is 0.357. The summed E-state index contributed by atoms with van der Waals surface area (Å²) in [5.74, 6) is -0.288. The number of hydrogen-bond acceptors (Lipinski definition) is 2. The molecule has 0 aliphatic carbocycles. The van der Waals surface area contributed by atoms with Crippen LogP contribution in [0.1, 0.15) is 35.7 Å². The number of hydrogen-bond donors (Lipinski definition) is 0. The largest absolute Gasteiger partial charge is 0.465 e. The van der Waals surface area contributed by atoms with Gasteiger partial charge in [-0.15, -0.1) is 0 Å². The lowest BCUT2D eigenvalue weighted by molar-refractivity contribution is 0.0600. The van der Waals surface area contributed by atoms with Crippen LogP contribution in [0.2, 0.25) is 0 Å². The molecule has 0 spiro atoms. The molecule has 0 saturated carbocycles. The van der Waals surface area contributed by atoms with Crippen LogP contribution < -0.4 is 10.4 Å². The van der Waals surface area contributed by atoms with Crippen molar-refractivity contribution < 1.29 is 9.53 Å². The van der Waals surface area contributed by atoms with Crippen LogP contribution in [0.3, 0.4) is 0 Å². The standard InChI is InChI=1S/C14H18O2/c1-5-6-7-12-10(2)8-9-13(11(12)3)14(15)16-4/h7-9H,2,5-6H2,1,3-4H3/b12-7+. The fourth-order valence-electron chi connectivity index (χ4n) is 1.69. The number of carbonyl (C=O) groups excluding carboxylic acids is 1. The summed E-state index contributed by atoms with van der Waals surface area (Å²) in [6.07, 6.45) is 4.21. The second-order valence-corrected chi connectivity index (χ2v) is 3.80. The van der Waals surface area contributed by atoms with Crippen molar-refractivity contribution in [1.82, 2.24) is 0 Å². The highest BCUT2D eigenvalue weighted by atomic mass is 16.5. The molecule has 0 saturated heterocycles. The SMILES string of the molecule is C=c1ccc(C(=O)OC)c(C)/c1=C/CCC. The van der Waals surface area contributed by atoms with E-state index in [1.165, 1.54) is 7.11 Å². The third-order valence-electron chi connectivity index (χ3n) is 2.65. The van der Waals surface area contributed by atoms with Gasteiger partial charge in [0.2, 0.25) is 0 Å². The molecular weight excluding hydrogens is 200 g/mol. The van der Waals surface area contributed by atoms with E-state index in [0.29, 0.717) is 5.56 Å².